The molecule has 1 fully saturated rings. The maximum Gasteiger partial charge on any atom is 0.243 e. The number of nitrogens with zero attached hydrogens (tertiary/aromatic N) is 3. The number of amides is 1. The molecular formula is C19H27N3O3S. The fraction of sp³-hybridized carbons (Fsp3) is 0.579. The molecule has 1 saturated heterocycles. The molecule has 26 heavy (non-hydrogen) atoms. The van der Waals surface area contributed by atoms with Crippen molar-refractivity contribution in [2.24, 2.45) is 0 Å². The molecule has 2 atom stereocenters. The Balaban J connectivity index is 1.91. The number of carbonyl (C=O) groups is 1. The summed E-state index contributed by atoms with van der Waals surface area (Å²) in [5, 5.41) is 0. The largest absolute Gasteiger partial charge is 0.334 e. The van der Waals surface area contributed by atoms with E-state index in [0.29, 0.717) is 6.42 Å². The Labute approximate surface area is 155 Å². The molecule has 3 rings (SSSR count). The van der Waals surface area contributed by atoms with E-state index in [4.69, 9.17) is 0 Å². The lowest BCUT2D eigenvalue weighted by Gasteiger charge is -2.34. The van der Waals surface area contributed by atoms with Gasteiger partial charge in [0.25, 0.3) is 0 Å². The van der Waals surface area contributed by atoms with E-state index >= 15 is 0 Å². The van der Waals surface area contributed by atoms with Crippen molar-refractivity contribution < 1.29 is 13.2 Å². The van der Waals surface area contributed by atoms with Gasteiger partial charge in [0.05, 0.1) is 22.5 Å². The van der Waals surface area contributed by atoms with Gasteiger partial charge in [-0.2, -0.15) is 0 Å². The first-order valence-corrected chi connectivity index (χ1v) is 11.1. The first kappa shape index (κ1) is 18.9. The first-order chi connectivity index (χ1) is 12.4. The Bertz CT molecular complexity index is 904. The number of aromatic nitrogens is 2. The number of sulfone groups is 1. The van der Waals surface area contributed by atoms with Crippen LogP contribution in [0.15, 0.2) is 24.3 Å². The molecule has 1 aromatic heterocycles. The number of benzene rings is 1. The topological polar surface area (TPSA) is 72.3 Å². The van der Waals surface area contributed by atoms with Gasteiger partial charge in [-0.15, -0.1) is 0 Å². The number of aryl methyl sites for hydroxylation is 1. The number of para-hydroxylation sites is 2. The van der Waals surface area contributed by atoms with Crippen molar-refractivity contribution in [2.75, 3.05) is 11.5 Å². The third-order valence-electron chi connectivity index (χ3n) is 5.30. The highest BCUT2D eigenvalue weighted by Gasteiger charge is 2.36. The summed E-state index contributed by atoms with van der Waals surface area (Å²) in [4.78, 5) is 19.6. The summed E-state index contributed by atoms with van der Waals surface area (Å²) in [6.07, 6.45) is 2.07. The first-order valence-electron chi connectivity index (χ1n) is 9.32. The lowest BCUT2D eigenvalue weighted by molar-refractivity contribution is -0.136. The van der Waals surface area contributed by atoms with Crippen LogP contribution in [0.3, 0.4) is 0 Å². The second-order valence-electron chi connectivity index (χ2n) is 7.07. The molecule has 0 unspecified atom stereocenters. The molecule has 0 saturated carbocycles. The molecule has 1 aliphatic rings. The Morgan fingerprint density at radius 1 is 1.35 bits per heavy atom. The Kier molecular flexibility index (Phi) is 5.37. The van der Waals surface area contributed by atoms with Gasteiger partial charge in [-0.25, -0.2) is 13.4 Å². The summed E-state index contributed by atoms with van der Waals surface area (Å²) in [7, 11) is -3.04. The Hall–Kier alpha value is -1.89. The number of rotatable bonds is 6. The van der Waals surface area contributed by atoms with Crippen molar-refractivity contribution in [3.05, 3.63) is 30.1 Å². The molecule has 7 heteroatoms. The average molecular weight is 378 g/mol. The van der Waals surface area contributed by atoms with Crippen LogP contribution in [-0.4, -0.2) is 52.4 Å². The van der Waals surface area contributed by atoms with Crippen LogP contribution in [0.4, 0.5) is 0 Å². The molecule has 1 amide bonds. The highest BCUT2D eigenvalue weighted by atomic mass is 32.2. The van der Waals surface area contributed by atoms with Crippen molar-refractivity contribution in [3.63, 3.8) is 0 Å². The summed E-state index contributed by atoms with van der Waals surface area (Å²) < 4.78 is 25.8. The van der Waals surface area contributed by atoms with Crippen LogP contribution in [0.5, 0.6) is 0 Å². The second-order valence-corrected chi connectivity index (χ2v) is 9.30. The SMILES string of the molecule is CCc1nc2ccccc2n1CC(=O)N([C@@H]1CCS(=O)(=O)C1)[C@@H](C)CC. The Morgan fingerprint density at radius 3 is 2.69 bits per heavy atom. The van der Waals surface area contributed by atoms with Crippen LogP contribution in [0.2, 0.25) is 0 Å². The van der Waals surface area contributed by atoms with E-state index in [1.54, 1.807) is 4.90 Å². The molecule has 1 aliphatic heterocycles. The zero-order valence-corrected chi connectivity index (χ0v) is 16.5. The summed E-state index contributed by atoms with van der Waals surface area (Å²) in [6, 6.07) is 7.60. The molecular weight excluding hydrogens is 350 g/mol. The molecule has 0 aliphatic carbocycles. The van der Waals surface area contributed by atoms with Gasteiger partial charge in [-0.05, 0) is 31.9 Å². The molecule has 0 spiro atoms. The van der Waals surface area contributed by atoms with E-state index in [1.165, 1.54) is 0 Å². The van der Waals surface area contributed by atoms with Crippen LogP contribution < -0.4 is 0 Å². The zero-order chi connectivity index (χ0) is 18.9. The zero-order valence-electron chi connectivity index (χ0n) is 15.7. The van der Waals surface area contributed by atoms with Crippen LogP contribution in [0, 0.1) is 0 Å². The summed E-state index contributed by atoms with van der Waals surface area (Å²) in [6.45, 7) is 6.25. The number of hydrogen-bond acceptors (Lipinski definition) is 4. The minimum atomic E-state index is -3.04. The summed E-state index contributed by atoms with van der Waals surface area (Å²) >= 11 is 0. The number of fused-ring (bicyclic) bond motifs is 1. The number of hydrogen-bond donors (Lipinski definition) is 0. The molecule has 142 valence electrons. The quantitative estimate of drug-likeness (QED) is 0.775. The van der Waals surface area contributed by atoms with E-state index in [-0.39, 0.29) is 36.0 Å². The van der Waals surface area contributed by atoms with Gasteiger partial charge in [0.2, 0.25) is 5.91 Å². The van der Waals surface area contributed by atoms with Gasteiger partial charge in [0.1, 0.15) is 12.4 Å². The van der Waals surface area contributed by atoms with Crippen molar-refractivity contribution in [1.82, 2.24) is 14.5 Å². The van der Waals surface area contributed by atoms with E-state index in [0.717, 1.165) is 29.7 Å². The monoisotopic (exact) mass is 377 g/mol. The molecule has 0 radical (unpaired) electrons. The van der Waals surface area contributed by atoms with Crippen LogP contribution >= 0.6 is 0 Å². The van der Waals surface area contributed by atoms with Crippen LogP contribution in [0.25, 0.3) is 11.0 Å². The average Bonchev–Trinajstić information content (AvgIpc) is 3.15. The van der Waals surface area contributed by atoms with Crippen molar-refractivity contribution >= 4 is 26.8 Å². The molecule has 0 N–H and O–H groups in total. The van der Waals surface area contributed by atoms with Gasteiger partial charge >= 0.3 is 0 Å². The van der Waals surface area contributed by atoms with Gasteiger partial charge in [0.15, 0.2) is 9.84 Å². The fourth-order valence-corrected chi connectivity index (χ4v) is 5.50. The van der Waals surface area contributed by atoms with E-state index < -0.39 is 9.84 Å². The number of imidazole rings is 1. The third-order valence-corrected chi connectivity index (χ3v) is 7.05. The maximum atomic E-state index is 13.2. The summed E-state index contributed by atoms with van der Waals surface area (Å²) in [5.41, 5.74) is 1.83. The van der Waals surface area contributed by atoms with E-state index in [9.17, 15) is 13.2 Å². The molecule has 6 nitrogen and oxygen atoms in total. The second kappa shape index (κ2) is 7.39. The van der Waals surface area contributed by atoms with E-state index in [1.807, 2.05) is 49.6 Å². The van der Waals surface area contributed by atoms with Gasteiger partial charge < -0.3 is 9.47 Å². The highest BCUT2D eigenvalue weighted by Crippen LogP contribution is 2.23. The predicted molar refractivity (Wildman–Crippen MR) is 103 cm³/mol. The molecule has 1 aromatic carbocycles. The van der Waals surface area contributed by atoms with Gasteiger partial charge in [-0.1, -0.05) is 26.0 Å². The van der Waals surface area contributed by atoms with Crippen molar-refractivity contribution in [2.45, 2.75) is 58.7 Å². The highest BCUT2D eigenvalue weighted by molar-refractivity contribution is 7.91. The number of carbonyl (C=O) groups excluding carboxylic acids is 1. The van der Waals surface area contributed by atoms with Crippen molar-refractivity contribution in [3.8, 4) is 0 Å². The minimum Gasteiger partial charge on any atom is -0.334 e. The lowest BCUT2D eigenvalue weighted by atomic mass is 10.1. The van der Waals surface area contributed by atoms with Gasteiger partial charge in [-0.3, -0.25) is 4.79 Å². The third kappa shape index (κ3) is 3.63. The predicted octanol–water partition coefficient (Wildman–Crippen LogP) is 2.41. The molecule has 2 heterocycles. The fourth-order valence-electron chi connectivity index (χ4n) is 3.79. The van der Waals surface area contributed by atoms with Crippen LogP contribution in [-0.2, 0) is 27.6 Å². The van der Waals surface area contributed by atoms with Gasteiger partial charge in [0, 0.05) is 18.5 Å². The summed E-state index contributed by atoms with van der Waals surface area (Å²) in [5.74, 6) is 1.10. The smallest absolute Gasteiger partial charge is 0.243 e. The normalized spacial score (nSPS) is 20.3. The lowest BCUT2D eigenvalue weighted by Crippen LogP contribution is -2.48. The van der Waals surface area contributed by atoms with E-state index in [2.05, 4.69) is 4.98 Å². The van der Waals surface area contributed by atoms with Crippen LogP contribution in [0.1, 0.15) is 39.4 Å². The van der Waals surface area contributed by atoms with Crippen molar-refractivity contribution in [1.29, 1.82) is 0 Å². The molecule has 2 aromatic rings. The Morgan fingerprint density at radius 2 is 2.08 bits per heavy atom. The standard InChI is InChI=1S/C19H27N3O3S/c1-4-14(3)22(15-10-11-26(24,25)13-15)19(23)12-21-17-9-7-6-8-16(17)20-18(21)5-2/h6-9,14-15H,4-5,10-13H2,1-3H3/t14-,15+/m0/s1. The molecule has 0 bridgehead atoms. The maximum absolute atomic E-state index is 13.2. The minimum absolute atomic E-state index is 0.0145.